The molecule has 3 aromatic rings. The van der Waals surface area contributed by atoms with E-state index in [1.807, 2.05) is 19.1 Å². The van der Waals surface area contributed by atoms with Gasteiger partial charge in [0.1, 0.15) is 12.4 Å². The Labute approximate surface area is 154 Å². The molecule has 27 heavy (non-hydrogen) atoms. The maximum absolute atomic E-state index is 13.0. The van der Waals surface area contributed by atoms with Crippen molar-refractivity contribution in [3.8, 4) is 5.69 Å². The van der Waals surface area contributed by atoms with E-state index >= 15 is 0 Å². The van der Waals surface area contributed by atoms with E-state index in [-0.39, 0.29) is 6.54 Å². The predicted molar refractivity (Wildman–Crippen MR) is 101 cm³/mol. The minimum absolute atomic E-state index is 0.284. The quantitative estimate of drug-likeness (QED) is 0.704. The second-order valence-corrected chi connectivity index (χ2v) is 5.98. The van der Waals surface area contributed by atoms with Crippen LogP contribution >= 0.6 is 0 Å². The molecule has 1 N–H and O–H groups in total. The van der Waals surface area contributed by atoms with Crippen LogP contribution < -0.4 is 16.4 Å². The standard InChI is InChI=1S/C20H18FN3O3/c1-2-14-3-7-16(8-4-14)22-18(25)13-23-11-12-24(20(27)19(23)26)17-9-5-15(21)6-10-17/h3-12H,2,13H2,1H3,(H,22,25). The molecule has 2 aromatic carbocycles. The number of rotatable bonds is 5. The number of carbonyl (C=O) groups is 1. The van der Waals surface area contributed by atoms with Crippen molar-refractivity contribution in [1.29, 1.82) is 0 Å². The van der Waals surface area contributed by atoms with Gasteiger partial charge < -0.3 is 5.32 Å². The highest BCUT2D eigenvalue weighted by Gasteiger charge is 2.10. The number of nitrogens with zero attached hydrogens (tertiary/aromatic N) is 2. The van der Waals surface area contributed by atoms with Crippen LogP contribution in [0.3, 0.4) is 0 Å². The van der Waals surface area contributed by atoms with E-state index < -0.39 is 22.8 Å². The molecular weight excluding hydrogens is 349 g/mol. The highest BCUT2D eigenvalue weighted by molar-refractivity contribution is 5.90. The molecule has 138 valence electrons. The highest BCUT2D eigenvalue weighted by Crippen LogP contribution is 2.10. The molecule has 3 rings (SSSR count). The Morgan fingerprint density at radius 1 is 0.963 bits per heavy atom. The molecule has 0 atom stereocenters. The fraction of sp³-hybridized carbons (Fsp3) is 0.150. The lowest BCUT2D eigenvalue weighted by Crippen LogP contribution is -2.41. The van der Waals surface area contributed by atoms with Crippen molar-refractivity contribution in [3.05, 3.63) is 93.0 Å². The Morgan fingerprint density at radius 2 is 1.63 bits per heavy atom. The lowest BCUT2D eigenvalue weighted by atomic mass is 10.1. The molecule has 0 aliphatic heterocycles. The van der Waals surface area contributed by atoms with E-state index in [0.717, 1.165) is 21.1 Å². The van der Waals surface area contributed by atoms with Crippen molar-refractivity contribution in [2.75, 3.05) is 5.32 Å². The third kappa shape index (κ3) is 4.20. The lowest BCUT2D eigenvalue weighted by molar-refractivity contribution is -0.116. The molecular formula is C20H18FN3O3. The van der Waals surface area contributed by atoms with Gasteiger partial charge >= 0.3 is 11.1 Å². The Morgan fingerprint density at radius 3 is 2.26 bits per heavy atom. The van der Waals surface area contributed by atoms with Crippen LogP contribution in [0, 0.1) is 5.82 Å². The maximum atomic E-state index is 13.0. The van der Waals surface area contributed by atoms with Crippen LogP contribution in [-0.4, -0.2) is 15.0 Å². The molecule has 0 saturated carbocycles. The molecule has 0 spiro atoms. The SMILES string of the molecule is CCc1ccc(NC(=O)Cn2ccn(-c3ccc(F)cc3)c(=O)c2=O)cc1. The van der Waals surface area contributed by atoms with Gasteiger partial charge in [0, 0.05) is 23.8 Å². The van der Waals surface area contributed by atoms with Gasteiger partial charge in [-0.1, -0.05) is 19.1 Å². The average Bonchev–Trinajstić information content (AvgIpc) is 2.67. The number of hydrogen-bond acceptors (Lipinski definition) is 3. The van der Waals surface area contributed by atoms with E-state index in [4.69, 9.17) is 0 Å². The van der Waals surface area contributed by atoms with Gasteiger partial charge in [-0.25, -0.2) is 4.39 Å². The average molecular weight is 367 g/mol. The second-order valence-electron chi connectivity index (χ2n) is 5.98. The van der Waals surface area contributed by atoms with Crippen molar-refractivity contribution in [2.24, 2.45) is 0 Å². The molecule has 0 bridgehead atoms. The minimum atomic E-state index is -0.835. The Kier molecular flexibility index (Phi) is 5.30. The van der Waals surface area contributed by atoms with Crippen molar-refractivity contribution < 1.29 is 9.18 Å². The first-order chi connectivity index (χ1) is 13.0. The normalized spacial score (nSPS) is 10.6. The molecule has 7 heteroatoms. The first kappa shape index (κ1) is 18.3. The number of hydrogen-bond donors (Lipinski definition) is 1. The third-order valence-electron chi connectivity index (χ3n) is 4.12. The molecule has 0 radical (unpaired) electrons. The molecule has 0 unspecified atom stereocenters. The van der Waals surface area contributed by atoms with Crippen LogP contribution in [0.5, 0.6) is 0 Å². The first-order valence-electron chi connectivity index (χ1n) is 8.45. The van der Waals surface area contributed by atoms with Gasteiger partial charge in [0.05, 0.1) is 0 Å². The Hall–Kier alpha value is -3.48. The zero-order valence-electron chi connectivity index (χ0n) is 14.7. The Balaban J connectivity index is 1.78. The van der Waals surface area contributed by atoms with Gasteiger partial charge in [0.25, 0.3) is 0 Å². The zero-order chi connectivity index (χ0) is 19.4. The highest BCUT2D eigenvalue weighted by atomic mass is 19.1. The van der Waals surface area contributed by atoms with Crippen LogP contribution in [0.1, 0.15) is 12.5 Å². The van der Waals surface area contributed by atoms with E-state index in [0.29, 0.717) is 11.4 Å². The summed E-state index contributed by atoms with van der Waals surface area (Å²) in [5.74, 6) is -0.857. The topological polar surface area (TPSA) is 73.1 Å². The zero-order valence-corrected chi connectivity index (χ0v) is 14.7. The third-order valence-corrected chi connectivity index (χ3v) is 4.12. The molecule has 6 nitrogen and oxygen atoms in total. The summed E-state index contributed by atoms with van der Waals surface area (Å²) >= 11 is 0. The number of halogens is 1. The van der Waals surface area contributed by atoms with Gasteiger partial charge in [-0.05, 0) is 48.4 Å². The predicted octanol–water partition coefficient (Wildman–Crippen LogP) is 2.34. The second kappa shape index (κ2) is 7.82. The summed E-state index contributed by atoms with van der Waals surface area (Å²) < 4.78 is 15.2. The van der Waals surface area contributed by atoms with E-state index in [2.05, 4.69) is 5.32 Å². The van der Waals surface area contributed by atoms with Gasteiger partial charge in [-0.3, -0.25) is 23.5 Å². The Bertz CT molecular complexity index is 1070. The summed E-state index contributed by atoms with van der Waals surface area (Å²) in [4.78, 5) is 36.7. The van der Waals surface area contributed by atoms with Crippen LogP contribution in [0.4, 0.5) is 10.1 Å². The van der Waals surface area contributed by atoms with Gasteiger partial charge in [-0.2, -0.15) is 0 Å². The molecule has 0 fully saturated rings. The summed E-state index contributed by atoms with van der Waals surface area (Å²) in [6.45, 7) is 1.75. The van der Waals surface area contributed by atoms with Gasteiger partial charge in [0.15, 0.2) is 0 Å². The largest absolute Gasteiger partial charge is 0.325 e. The molecule has 0 aliphatic rings. The molecule has 0 saturated heterocycles. The number of nitrogens with one attached hydrogen (secondary N) is 1. The molecule has 1 aromatic heterocycles. The summed E-state index contributed by atoms with van der Waals surface area (Å²) in [5, 5.41) is 2.69. The summed E-state index contributed by atoms with van der Waals surface area (Å²) in [6, 6.07) is 12.6. The number of aromatic nitrogens is 2. The monoisotopic (exact) mass is 367 g/mol. The lowest BCUT2D eigenvalue weighted by Gasteiger charge is -2.10. The smallest absolute Gasteiger partial charge is 0.320 e. The number of amides is 1. The summed E-state index contributed by atoms with van der Waals surface area (Å²) in [5.41, 5.74) is 0.479. The van der Waals surface area contributed by atoms with Crippen LogP contribution in [-0.2, 0) is 17.8 Å². The van der Waals surface area contributed by atoms with E-state index in [1.165, 1.54) is 36.7 Å². The molecule has 1 heterocycles. The summed E-state index contributed by atoms with van der Waals surface area (Å²) in [6.07, 6.45) is 3.63. The van der Waals surface area contributed by atoms with E-state index in [9.17, 15) is 18.8 Å². The first-order valence-corrected chi connectivity index (χ1v) is 8.45. The van der Waals surface area contributed by atoms with Crippen molar-refractivity contribution in [3.63, 3.8) is 0 Å². The van der Waals surface area contributed by atoms with Gasteiger partial charge in [-0.15, -0.1) is 0 Å². The van der Waals surface area contributed by atoms with Crippen molar-refractivity contribution >= 4 is 11.6 Å². The fourth-order valence-electron chi connectivity index (χ4n) is 2.62. The summed E-state index contributed by atoms with van der Waals surface area (Å²) in [7, 11) is 0. The minimum Gasteiger partial charge on any atom is -0.325 e. The fourth-order valence-corrected chi connectivity index (χ4v) is 2.62. The van der Waals surface area contributed by atoms with Crippen LogP contribution in [0.25, 0.3) is 5.69 Å². The number of benzene rings is 2. The number of aryl methyl sites for hydroxylation is 1. The maximum Gasteiger partial charge on any atom is 0.320 e. The molecule has 1 amide bonds. The number of carbonyl (C=O) groups excluding carboxylic acids is 1. The van der Waals surface area contributed by atoms with Crippen molar-refractivity contribution in [1.82, 2.24) is 9.13 Å². The van der Waals surface area contributed by atoms with E-state index in [1.54, 1.807) is 12.1 Å². The van der Waals surface area contributed by atoms with Crippen LogP contribution in [0.15, 0.2) is 70.5 Å². The van der Waals surface area contributed by atoms with Crippen LogP contribution in [0.2, 0.25) is 0 Å². The van der Waals surface area contributed by atoms with Crippen molar-refractivity contribution in [2.45, 2.75) is 19.9 Å². The van der Waals surface area contributed by atoms with Gasteiger partial charge in [0.2, 0.25) is 5.91 Å². The molecule has 0 aliphatic carbocycles. The number of anilines is 1.